The highest BCUT2D eigenvalue weighted by atomic mass is 16.4. The van der Waals surface area contributed by atoms with Gasteiger partial charge in [0.2, 0.25) is 5.76 Å². The Morgan fingerprint density at radius 1 is 1.25 bits per heavy atom. The van der Waals surface area contributed by atoms with Gasteiger partial charge in [-0.25, -0.2) is 9.59 Å². The Hall–Kier alpha value is -2.02. The SMILES string of the molecule is O=C(NCCCNC1CC1)NCc1ccc(C(=O)O)o1. The third kappa shape index (κ3) is 4.93. The van der Waals surface area contributed by atoms with Crippen LogP contribution in [0.2, 0.25) is 0 Å². The maximum atomic E-state index is 11.5. The second-order valence-electron chi connectivity index (χ2n) is 4.76. The molecule has 1 aromatic heterocycles. The number of carbonyl (C=O) groups is 2. The van der Waals surface area contributed by atoms with Crippen molar-refractivity contribution in [1.29, 1.82) is 0 Å². The summed E-state index contributed by atoms with van der Waals surface area (Å²) in [4.78, 5) is 22.1. The first kappa shape index (κ1) is 14.4. The van der Waals surface area contributed by atoms with Crippen LogP contribution in [-0.2, 0) is 6.54 Å². The number of aromatic carboxylic acids is 1. The molecule has 0 radical (unpaired) electrons. The second kappa shape index (κ2) is 6.95. The quantitative estimate of drug-likeness (QED) is 0.530. The lowest BCUT2D eigenvalue weighted by Crippen LogP contribution is -2.36. The molecule has 4 N–H and O–H groups in total. The van der Waals surface area contributed by atoms with E-state index in [4.69, 9.17) is 9.52 Å². The lowest BCUT2D eigenvalue weighted by molar-refractivity contribution is 0.0660. The van der Waals surface area contributed by atoms with Gasteiger partial charge in [-0.3, -0.25) is 0 Å². The highest BCUT2D eigenvalue weighted by Crippen LogP contribution is 2.18. The molecule has 1 saturated carbocycles. The van der Waals surface area contributed by atoms with Gasteiger partial charge in [0.1, 0.15) is 5.76 Å². The summed E-state index contributed by atoms with van der Waals surface area (Å²) < 4.78 is 5.02. The molecule has 110 valence electrons. The van der Waals surface area contributed by atoms with Crippen molar-refractivity contribution in [3.63, 3.8) is 0 Å². The van der Waals surface area contributed by atoms with E-state index < -0.39 is 5.97 Å². The Morgan fingerprint density at radius 2 is 2.05 bits per heavy atom. The summed E-state index contributed by atoms with van der Waals surface area (Å²) in [5, 5.41) is 17.4. The molecule has 0 spiro atoms. The zero-order chi connectivity index (χ0) is 14.4. The molecule has 0 saturated heterocycles. The topological polar surface area (TPSA) is 104 Å². The fourth-order valence-corrected chi connectivity index (χ4v) is 1.70. The summed E-state index contributed by atoms with van der Waals surface area (Å²) in [7, 11) is 0. The number of nitrogens with one attached hydrogen (secondary N) is 3. The Morgan fingerprint density at radius 3 is 2.70 bits per heavy atom. The molecule has 1 aliphatic rings. The lowest BCUT2D eigenvalue weighted by atomic mass is 10.4. The average Bonchev–Trinajstić information content (AvgIpc) is 3.11. The minimum atomic E-state index is -1.12. The van der Waals surface area contributed by atoms with Gasteiger partial charge in [0.05, 0.1) is 6.54 Å². The Kier molecular flexibility index (Phi) is 5.00. The zero-order valence-corrected chi connectivity index (χ0v) is 11.1. The Labute approximate surface area is 116 Å². The van der Waals surface area contributed by atoms with Gasteiger partial charge in [0.25, 0.3) is 0 Å². The number of carbonyl (C=O) groups excluding carboxylic acids is 1. The van der Waals surface area contributed by atoms with Crippen molar-refractivity contribution in [1.82, 2.24) is 16.0 Å². The molecule has 1 aliphatic carbocycles. The lowest BCUT2D eigenvalue weighted by Gasteiger charge is -2.06. The molecular formula is C13H19N3O4. The number of furan rings is 1. The third-order valence-corrected chi connectivity index (χ3v) is 2.95. The standard InChI is InChI=1S/C13H19N3O4/c17-12(18)11-5-4-10(20-11)8-16-13(19)15-7-1-6-14-9-2-3-9/h4-5,9,14H,1-3,6-8H2,(H,17,18)(H2,15,16,19). The van der Waals surface area contributed by atoms with E-state index in [0.717, 1.165) is 13.0 Å². The van der Waals surface area contributed by atoms with Crippen LogP contribution in [0.15, 0.2) is 16.5 Å². The van der Waals surface area contributed by atoms with Crippen molar-refractivity contribution in [3.8, 4) is 0 Å². The molecule has 20 heavy (non-hydrogen) atoms. The van der Waals surface area contributed by atoms with E-state index in [1.54, 1.807) is 0 Å². The van der Waals surface area contributed by atoms with E-state index in [2.05, 4.69) is 16.0 Å². The second-order valence-corrected chi connectivity index (χ2v) is 4.76. The summed E-state index contributed by atoms with van der Waals surface area (Å²) in [5.41, 5.74) is 0. The first-order valence-corrected chi connectivity index (χ1v) is 6.72. The van der Waals surface area contributed by atoms with Crippen molar-refractivity contribution in [2.75, 3.05) is 13.1 Å². The molecular weight excluding hydrogens is 262 g/mol. The van der Waals surface area contributed by atoms with E-state index in [0.29, 0.717) is 18.3 Å². The fourth-order valence-electron chi connectivity index (χ4n) is 1.70. The molecule has 0 unspecified atom stereocenters. The van der Waals surface area contributed by atoms with Crippen LogP contribution in [0, 0.1) is 0 Å². The highest BCUT2D eigenvalue weighted by molar-refractivity contribution is 5.84. The Balaban J connectivity index is 1.55. The minimum Gasteiger partial charge on any atom is -0.475 e. The van der Waals surface area contributed by atoms with Gasteiger partial charge in [-0.2, -0.15) is 0 Å². The molecule has 0 aromatic carbocycles. The van der Waals surface area contributed by atoms with Gasteiger partial charge in [0.15, 0.2) is 0 Å². The number of hydrogen-bond donors (Lipinski definition) is 4. The van der Waals surface area contributed by atoms with E-state index in [1.165, 1.54) is 25.0 Å². The number of carboxylic acid groups (broad SMARTS) is 1. The third-order valence-electron chi connectivity index (χ3n) is 2.95. The van der Waals surface area contributed by atoms with Crippen LogP contribution < -0.4 is 16.0 Å². The number of urea groups is 1. The summed E-state index contributed by atoms with van der Waals surface area (Å²) in [6, 6.07) is 3.29. The van der Waals surface area contributed by atoms with Crippen molar-refractivity contribution in [2.24, 2.45) is 0 Å². The number of hydrogen-bond acceptors (Lipinski definition) is 4. The van der Waals surface area contributed by atoms with Crippen LogP contribution in [0.5, 0.6) is 0 Å². The number of amides is 2. The van der Waals surface area contributed by atoms with Crippen LogP contribution >= 0.6 is 0 Å². The largest absolute Gasteiger partial charge is 0.475 e. The average molecular weight is 281 g/mol. The van der Waals surface area contributed by atoms with Gasteiger partial charge >= 0.3 is 12.0 Å². The molecule has 1 heterocycles. The molecule has 2 rings (SSSR count). The minimum absolute atomic E-state index is 0.131. The van der Waals surface area contributed by atoms with Gasteiger partial charge in [-0.05, 0) is 37.9 Å². The Bertz CT molecular complexity index is 468. The first-order valence-electron chi connectivity index (χ1n) is 6.72. The molecule has 7 heteroatoms. The predicted octanol–water partition coefficient (Wildman–Crippen LogP) is 0.919. The van der Waals surface area contributed by atoms with Gasteiger partial charge < -0.3 is 25.5 Å². The first-order chi connectivity index (χ1) is 9.65. The van der Waals surface area contributed by atoms with Crippen molar-refractivity contribution in [2.45, 2.75) is 31.8 Å². The predicted molar refractivity (Wildman–Crippen MR) is 71.5 cm³/mol. The summed E-state index contributed by atoms with van der Waals surface area (Å²) in [5.74, 6) is -0.842. The normalized spacial score (nSPS) is 14.0. The van der Waals surface area contributed by atoms with Crippen LogP contribution in [0.1, 0.15) is 35.6 Å². The maximum absolute atomic E-state index is 11.5. The highest BCUT2D eigenvalue weighted by Gasteiger charge is 2.19. The van der Waals surface area contributed by atoms with Crippen LogP contribution in [0.3, 0.4) is 0 Å². The summed E-state index contributed by atoms with van der Waals surface area (Å²) in [6.07, 6.45) is 3.40. The van der Waals surface area contributed by atoms with Crippen LogP contribution in [0.25, 0.3) is 0 Å². The molecule has 1 aromatic rings. The number of rotatable bonds is 8. The molecule has 7 nitrogen and oxygen atoms in total. The molecule has 0 atom stereocenters. The molecule has 1 fully saturated rings. The fraction of sp³-hybridized carbons (Fsp3) is 0.538. The summed E-state index contributed by atoms with van der Waals surface area (Å²) >= 11 is 0. The maximum Gasteiger partial charge on any atom is 0.371 e. The van der Waals surface area contributed by atoms with Crippen molar-refractivity contribution < 1.29 is 19.1 Å². The monoisotopic (exact) mass is 281 g/mol. The van der Waals surface area contributed by atoms with Gasteiger partial charge in [-0.15, -0.1) is 0 Å². The van der Waals surface area contributed by atoms with E-state index in [-0.39, 0.29) is 18.3 Å². The van der Waals surface area contributed by atoms with Crippen LogP contribution in [-0.4, -0.2) is 36.2 Å². The van der Waals surface area contributed by atoms with E-state index in [9.17, 15) is 9.59 Å². The van der Waals surface area contributed by atoms with Crippen molar-refractivity contribution in [3.05, 3.63) is 23.7 Å². The number of carboxylic acids is 1. The molecule has 2 amide bonds. The zero-order valence-electron chi connectivity index (χ0n) is 11.1. The van der Waals surface area contributed by atoms with E-state index in [1.807, 2.05) is 0 Å². The van der Waals surface area contributed by atoms with E-state index >= 15 is 0 Å². The van der Waals surface area contributed by atoms with Crippen LogP contribution in [0.4, 0.5) is 4.79 Å². The molecule has 0 aliphatic heterocycles. The van der Waals surface area contributed by atoms with Crippen molar-refractivity contribution >= 4 is 12.0 Å². The molecule has 0 bridgehead atoms. The van der Waals surface area contributed by atoms with Gasteiger partial charge in [-0.1, -0.05) is 0 Å². The summed E-state index contributed by atoms with van der Waals surface area (Å²) in [6.45, 7) is 1.68. The smallest absolute Gasteiger partial charge is 0.371 e. The van der Waals surface area contributed by atoms with Gasteiger partial charge in [0, 0.05) is 12.6 Å².